The van der Waals surface area contributed by atoms with Crippen molar-refractivity contribution in [3.63, 3.8) is 0 Å². The Hall–Kier alpha value is -2.83. The number of anilines is 4. The van der Waals surface area contributed by atoms with Crippen molar-refractivity contribution in [1.29, 1.82) is 0 Å². The number of nitrogen functional groups attached to an aromatic ring is 2. The summed E-state index contributed by atoms with van der Waals surface area (Å²) >= 11 is 12.6. The predicted molar refractivity (Wildman–Crippen MR) is 189 cm³/mol. The molecule has 0 amide bonds. The molecule has 2 fully saturated rings. The number of fused-ring (bicyclic) bond motifs is 4. The number of benzene rings is 2. The van der Waals surface area contributed by atoms with E-state index in [2.05, 4.69) is 117 Å². The van der Waals surface area contributed by atoms with Crippen LogP contribution in [-0.2, 0) is 17.3 Å². The van der Waals surface area contributed by atoms with Gasteiger partial charge < -0.3 is 26.2 Å². The van der Waals surface area contributed by atoms with Gasteiger partial charge in [0.2, 0.25) is 11.9 Å². The van der Waals surface area contributed by atoms with Crippen molar-refractivity contribution in [2.75, 3.05) is 63.2 Å². The minimum Gasteiger partial charge on any atom is -0.368 e. The third kappa shape index (κ3) is 6.83. The second-order valence-corrected chi connectivity index (χ2v) is 14.8. The highest BCUT2D eigenvalue weighted by molar-refractivity contribution is 9.10. The average Bonchev–Trinajstić information content (AvgIpc) is 3.75. The summed E-state index contributed by atoms with van der Waals surface area (Å²) in [7, 11) is 4.43. The Morgan fingerprint density at radius 2 is 1.36 bits per heavy atom. The largest absolute Gasteiger partial charge is 0.368 e. The van der Waals surface area contributed by atoms with Crippen LogP contribution in [0.1, 0.15) is 36.0 Å². The number of aromatic nitrogens is 4. The minimum atomic E-state index is 0.185. The third-order valence-corrected chi connectivity index (χ3v) is 10.7. The van der Waals surface area contributed by atoms with Gasteiger partial charge in [-0.05, 0) is 106 Å². The Morgan fingerprint density at radius 1 is 0.733 bits per heavy atom. The predicted octanol–water partition coefficient (Wildman–Crippen LogP) is 6.23. The van der Waals surface area contributed by atoms with Crippen LogP contribution in [0, 0.1) is 0 Å². The van der Waals surface area contributed by atoms with Gasteiger partial charge in [-0.2, -0.15) is 4.98 Å². The molecule has 0 bridgehead atoms. The summed E-state index contributed by atoms with van der Waals surface area (Å²) in [4.78, 5) is 22.8. The number of halogens is 3. The van der Waals surface area contributed by atoms with E-state index in [1.54, 1.807) is 23.4 Å². The molecule has 0 radical (unpaired) electrons. The molecule has 2 unspecified atom stereocenters. The summed E-state index contributed by atoms with van der Waals surface area (Å²) in [6.07, 6.45) is 8.37. The molecule has 2 atom stereocenters. The summed E-state index contributed by atoms with van der Waals surface area (Å²) in [5, 5.41) is 0.373. The van der Waals surface area contributed by atoms with Gasteiger partial charge in [-0.15, -0.1) is 0 Å². The molecule has 3 aliphatic heterocycles. The van der Waals surface area contributed by atoms with E-state index in [0.29, 0.717) is 16.5 Å². The van der Waals surface area contributed by atoms with Gasteiger partial charge in [-0.3, -0.25) is 0 Å². The lowest BCUT2D eigenvalue weighted by Crippen LogP contribution is -2.34. The molecule has 1 aliphatic carbocycles. The van der Waals surface area contributed by atoms with Gasteiger partial charge in [0.15, 0.2) is 0 Å². The maximum Gasteiger partial charge on any atom is 0.221 e. The molecule has 9 nitrogen and oxygen atoms in total. The Labute approximate surface area is 286 Å². The normalized spacial score (nSPS) is 23.4. The lowest BCUT2D eigenvalue weighted by atomic mass is 9.81. The Kier molecular flexibility index (Phi) is 9.36. The van der Waals surface area contributed by atoms with Gasteiger partial charge in [0.1, 0.15) is 11.0 Å². The molecule has 0 saturated carbocycles. The lowest BCUT2D eigenvalue weighted by molar-refractivity contribution is 0.366. The second kappa shape index (κ2) is 13.1. The maximum atomic E-state index is 5.78. The van der Waals surface area contributed by atoms with Gasteiger partial charge >= 0.3 is 0 Å². The number of nitrogens with two attached hydrogens (primary N) is 2. The molecular weight excluding hydrogens is 718 g/mol. The summed E-state index contributed by atoms with van der Waals surface area (Å²) in [6.45, 7) is 5.67. The highest BCUT2D eigenvalue weighted by Gasteiger charge is 2.47. The lowest BCUT2D eigenvalue weighted by Gasteiger charge is -2.25. The molecule has 2 aromatic carbocycles. The summed E-state index contributed by atoms with van der Waals surface area (Å²) in [5.74, 6) is 1.40. The summed E-state index contributed by atoms with van der Waals surface area (Å²) in [5.41, 5.74) is 17.4. The summed E-state index contributed by atoms with van der Waals surface area (Å²) in [6, 6.07) is 16.9. The van der Waals surface area contributed by atoms with Crippen molar-refractivity contribution in [1.82, 2.24) is 29.7 Å². The SMILES string of the molecule is CN1CCC2(C1)CN(c1ccnc(N)n1)c1cc(Br)ccc12.CN1CCC2(CCc3cc(Br)ccc32)C1.Nc1nccc(Cl)n1. The fraction of sp³-hybridized carbons (Fsp3) is 0.394. The van der Waals surface area contributed by atoms with Crippen LogP contribution in [0.15, 0.2) is 69.9 Å². The molecule has 236 valence electrons. The fourth-order valence-corrected chi connectivity index (χ4v) is 8.35. The summed E-state index contributed by atoms with van der Waals surface area (Å²) < 4.78 is 2.31. The highest BCUT2D eigenvalue weighted by Crippen LogP contribution is 2.49. The van der Waals surface area contributed by atoms with Crippen molar-refractivity contribution < 1.29 is 0 Å². The monoisotopic (exact) mass is 753 g/mol. The van der Waals surface area contributed by atoms with Crippen LogP contribution in [0.25, 0.3) is 0 Å². The zero-order chi connectivity index (χ0) is 31.8. The fourth-order valence-electron chi connectivity index (χ4n) is 7.45. The van der Waals surface area contributed by atoms with Crippen molar-refractivity contribution in [3.8, 4) is 0 Å². The maximum absolute atomic E-state index is 5.78. The van der Waals surface area contributed by atoms with E-state index in [0.717, 1.165) is 29.9 Å². The number of aryl methyl sites for hydroxylation is 1. The molecular formula is C33H38Br2ClN9. The Bertz CT molecular complexity index is 1670. The van der Waals surface area contributed by atoms with E-state index >= 15 is 0 Å². The number of nitrogens with zero attached hydrogens (tertiary/aromatic N) is 7. The van der Waals surface area contributed by atoms with Crippen LogP contribution in [0.4, 0.5) is 23.4 Å². The average molecular weight is 756 g/mol. The third-order valence-electron chi connectivity index (χ3n) is 9.46. The van der Waals surface area contributed by atoms with Crippen molar-refractivity contribution >= 4 is 66.9 Å². The molecule has 5 heterocycles. The first kappa shape index (κ1) is 32.1. The smallest absolute Gasteiger partial charge is 0.221 e. The van der Waals surface area contributed by atoms with E-state index in [1.165, 1.54) is 60.7 Å². The quantitative estimate of drug-likeness (QED) is 0.219. The van der Waals surface area contributed by atoms with Gasteiger partial charge in [0, 0.05) is 57.5 Å². The van der Waals surface area contributed by atoms with Crippen LogP contribution in [0.2, 0.25) is 5.15 Å². The van der Waals surface area contributed by atoms with Gasteiger partial charge in [0.05, 0.1) is 0 Å². The van der Waals surface area contributed by atoms with Crippen molar-refractivity contribution in [2.45, 2.75) is 36.5 Å². The number of hydrogen-bond acceptors (Lipinski definition) is 9. The second-order valence-electron chi connectivity index (χ2n) is 12.6. The molecule has 4 aliphatic rings. The standard InChI is InChI=1S/C16H18BrN5.C13H16BrN.C4H4ClN3/c1-21-7-5-16(9-21)10-22(14-4-6-19-15(18)20-14)13-8-11(17)2-3-12(13)16;1-15-7-6-13(9-15)5-4-10-8-11(14)2-3-12(10)13;5-3-1-2-7-4(6)8-3/h2-4,6,8H,5,7,9-10H2,1H3,(H2,18,19,20);2-3,8H,4-7,9H2,1H3;1-2H,(H2,6,7,8). The number of rotatable bonds is 1. The molecule has 2 saturated heterocycles. The van der Waals surface area contributed by atoms with Gasteiger partial charge in [-0.25, -0.2) is 15.0 Å². The number of likely N-dealkylation sites (tertiary alicyclic amines) is 2. The van der Waals surface area contributed by atoms with E-state index in [1.807, 2.05) is 6.07 Å². The van der Waals surface area contributed by atoms with Crippen LogP contribution >= 0.6 is 43.5 Å². The first-order valence-electron chi connectivity index (χ1n) is 15.1. The Morgan fingerprint density at radius 3 is 1.96 bits per heavy atom. The first-order chi connectivity index (χ1) is 21.6. The van der Waals surface area contributed by atoms with Crippen LogP contribution < -0.4 is 16.4 Å². The Balaban J connectivity index is 0.000000134. The van der Waals surface area contributed by atoms with Gasteiger partial charge in [0.25, 0.3) is 0 Å². The van der Waals surface area contributed by atoms with Gasteiger partial charge in [-0.1, -0.05) is 55.6 Å². The topological polar surface area (TPSA) is 113 Å². The van der Waals surface area contributed by atoms with E-state index in [9.17, 15) is 0 Å². The molecule has 2 aromatic heterocycles. The van der Waals surface area contributed by atoms with Crippen molar-refractivity contribution in [2.24, 2.45) is 0 Å². The van der Waals surface area contributed by atoms with Crippen LogP contribution in [0.5, 0.6) is 0 Å². The molecule has 8 rings (SSSR count). The number of hydrogen-bond donors (Lipinski definition) is 2. The van der Waals surface area contributed by atoms with Crippen LogP contribution in [0.3, 0.4) is 0 Å². The molecule has 45 heavy (non-hydrogen) atoms. The minimum absolute atomic E-state index is 0.185. The highest BCUT2D eigenvalue weighted by atomic mass is 79.9. The molecule has 12 heteroatoms. The zero-order valence-corrected chi connectivity index (χ0v) is 29.5. The van der Waals surface area contributed by atoms with E-state index < -0.39 is 0 Å². The van der Waals surface area contributed by atoms with E-state index in [4.69, 9.17) is 23.1 Å². The molecule has 4 aromatic rings. The van der Waals surface area contributed by atoms with E-state index in [-0.39, 0.29) is 11.4 Å². The van der Waals surface area contributed by atoms with Crippen molar-refractivity contribution in [3.05, 3.63) is 91.7 Å². The molecule has 4 N–H and O–H groups in total. The zero-order valence-electron chi connectivity index (χ0n) is 25.6. The molecule has 2 spiro atoms. The van der Waals surface area contributed by atoms with Crippen LogP contribution in [-0.4, -0.2) is 76.6 Å². The first-order valence-corrected chi connectivity index (χ1v) is 17.1. The number of likely N-dealkylation sites (N-methyl/N-ethyl adjacent to an activating group) is 2.